The summed E-state index contributed by atoms with van der Waals surface area (Å²) < 4.78 is 23.3. The van der Waals surface area contributed by atoms with E-state index in [9.17, 15) is 55.5 Å². The summed E-state index contributed by atoms with van der Waals surface area (Å²) in [5, 5.41) is 96.2. The lowest BCUT2D eigenvalue weighted by Crippen LogP contribution is -2.69. The second-order valence-electron chi connectivity index (χ2n) is 20.9. The maximum atomic E-state index is 13.1. The van der Waals surface area contributed by atoms with Gasteiger partial charge in [-0.2, -0.15) is 0 Å². The van der Waals surface area contributed by atoms with Crippen molar-refractivity contribution < 1.29 is 74.5 Å². The van der Waals surface area contributed by atoms with E-state index in [2.05, 4.69) is 40.7 Å². The van der Waals surface area contributed by atoms with Crippen LogP contribution in [0.3, 0.4) is 0 Å². The summed E-state index contributed by atoms with van der Waals surface area (Å²) >= 11 is 0. The second kappa shape index (κ2) is 14.4. The average molecular weight is 811 g/mol. The molecular formula is C42H66O15. The predicted octanol–water partition coefficient (Wildman–Crippen LogP) is 1.95. The Morgan fingerprint density at radius 3 is 2.04 bits per heavy atom. The van der Waals surface area contributed by atoms with Crippen LogP contribution in [0.4, 0.5) is 0 Å². The lowest BCUT2D eigenvalue weighted by molar-refractivity contribution is -0.371. The maximum Gasteiger partial charge on any atom is 0.335 e. The quantitative estimate of drug-likeness (QED) is 0.132. The molecule has 0 aromatic rings. The maximum absolute atomic E-state index is 13.1. The van der Waals surface area contributed by atoms with Gasteiger partial charge in [0.1, 0.15) is 42.7 Å². The van der Waals surface area contributed by atoms with E-state index in [1.165, 1.54) is 5.57 Å². The van der Waals surface area contributed by atoms with E-state index >= 15 is 0 Å². The first-order chi connectivity index (χ1) is 26.4. The number of carbonyl (C=O) groups is 2. The van der Waals surface area contributed by atoms with Gasteiger partial charge in [-0.25, -0.2) is 4.79 Å². The number of allylic oxidation sites excluding steroid dienone is 2. The van der Waals surface area contributed by atoms with Gasteiger partial charge in [-0.05, 0) is 103 Å². The van der Waals surface area contributed by atoms with Crippen LogP contribution in [0.25, 0.3) is 0 Å². The fourth-order valence-corrected chi connectivity index (χ4v) is 13.8. The van der Waals surface area contributed by atoms with Gasteiger partial charge in [-0.1, -0.05) is 60.1 Å². The third-order valence-electron chi connectivity index (χ3n) is 17.2. The zero-order valence-corrected chi connectivity index (χ0v) is 34.3. The highest BCUT2D eigenvalue weighted by molar-refractivity contribution is 5.76. The Labute approximate surface area is 334 Å². The molecule has 5 aliphatic carbocycles. The van der Waals surface area contributed by atoms with E-state index in [0.29, 0.717) is 19.3 Å². The zero-order valence-electron chi connectivity index (χ0n) is 34.3. The van der Waals surface area contributed by atoms with E-state index in [-0.39, 0.29) is 39.4 Å². The molecule has 0 aromatic carbocycles. The van der Waals surface area contributed by atoms with Crippen LogP contribution in [0, 0.1) is 50.2 Å². The Balaban J connectivity index is 1.14. The molecule has 7 rings (SSSR count). The lowest BCUT2D eigenvalue weighted by Gasteiger charge is -2.71. The standard InChI is InChI=1S/C42H66O15/c1-37(2)12-14-42(36(52)53)15-13-40(6)19(20(42)16-37)8-9-24-39(5)17-21(44)32(38(3,4)23(39)10-11-41(24,40)7)57-35-29(49)30(25(45)22(18-43)54-35)55-34-28(48)26(46)27(47)31(56-34)33(50)51/h8,20-32,34-35,43-49H,9-18H2,1-7H3,(H,50,51)(H,52,53)/t20-,21-,22+,23-,24+,25-,26-,27-,28+,29+,30-,31-,32-,34+,35-,39-,40+,41+,42-/m0/s1. The summed E-state index contributed by atoms with van der Waals surface area (Å²) in [7, 11) is 0. The first-order valence-corrected chi connectivity index (χ1v) is 20.9. The summed E-state index contributed by atoms with van der Waals surface area (Å²) in [6.45, 7) is 14.9. The molecule has 15 nitrogen and oxygen atoms in total. The molecular weight excluding hydrogens is 744 g/mol. The minimum absolute atomic E-state index is 0.0221. The minimum Gasteiger partial charge on any atom is -0.481 e. The van der Waals surface area contributed by atoms with Crippen molar-refractivity contribution in [1.82, 2.24) is 0 Å². The molecule has 6 fully saturated rings. The number of carboxylic acids is 2. The van der Waals surface area contributed by atoms with Gasteiger partial charge in [0.05, 0.1) is 24.2 Å². The summed E-state index contributed by atoms with van der Waals surface area (Å²) in [6, 6.07) is 0. The fourth-order valence-electron chi connectivity index (χ4n) is 13.8. The Morgan fingerprint density at radius 2 is 1.40 bits per heavy atom. The van der Waals surface area contributed by atoms with Crippen molar-refractivity contribution in [1.29, 1.82) is 0 Å². The molecule has 19 atom stereocenters. The first kappa shape index (κ1) is 43.3. The zero-order chi connectivity index (χ0) is 42.0. The molecule has 0 amide bonds. The Morgan fingerprint density at radius 1 is 0.754 bits per heavy atom. The highest BCUT2D eigenvalue weighted by Gasteiger charge is 2.70. The van der Waals surface area contributed by atoms with Crippen molar-refractivity contribution in [2.24, 2.45) is 50.2 Å². The normalized spacial score (nSPS) is 52.9. The van der Waals surface area contributed by atoms with Crippen LogP contribution in [0.2, 0.25) is 0 Å². The number of hydrogen-bond donors (Lipinski definition) is 9. The molecule has 2 aliphatic heterocycles. The van der Waals surface area contributed by atoms with Gasteiger partial charge in [0, 0.05) is 0 Å². The van der Waals surface area contributed by atoms with E-state index in [4.69, 9.17) is 18.9 Å². The van der Waals surface area contributed by atoms with Gasteiger partial charge >= 0.3 is 11.9 Å². The monoisotopic (exact) mass is 810 g/mol. The van der Waals surface area contributed by atoms with Gasteiger partial charge in [-0.15, -0.1) is 0 Å². The van der Waals surface area contributed by atoms with Crippen LogP contribution in [0.5, 0.6) is 0 Å². The highest BCUT2D eigenvalue weighted by Crippen LogP contribution is 2.76. The number of rotatable bonds is 7. The molecule has 7 aliphatic rings. The van der Waals surface area contributed by atoms with Crippen molar-refractivity contribution in [2.75, 3.05) is 6.61 Å². The first-order valence-electron chi connectivity index (χ1n) is 20.9. The SMILES string of the molecule is CC1(C)CC[C@]2(C(=O)O)CC[C@]3(C)C(=CC[C@@H]4[C@@]5(C)C[C@H](O)[C@H](O[C@@H]6O[C@H](CO)[C@H](O)[C@H](O[C@@H]7O[C@H](C(=O)O)[C@@H](O)[C@H](O)[C@H]7O)[C@H]6O)C(C)(C)[C@@H]5CC[C@]43C)[C@@H]2C1. The smallest absolute Gasteiger partial charge is 0.335 e. The third-order valence-corrected chi connectivity index (χ3v) is 17.2. The summed E-state index contributed by atoms with van der Waals surface area (Å²) in [6.07, 6.45) is -10.8. The molecule has 9 N–H and O–H groups in total. The summed E-state index contributed by atoms with van der Waals surface area (Å²) in [5.41, 5.74) is -0.800. The number of aliphatic carboxylic acids is 2. The fraction of sp³-hybridized carbons (Fsp3) is 0.905. The van der Waals surface area contributed by atoms with E-state index in [0.717, 1.165) is 38.5 Å². The van der Waals surface area contributed by atoms with Gasteiger partial charge < -0.3 is 64.9 Å². The molecule has 2 heterocycles. The largest absolute Gasteiger partial charge is 0.481 e. The van der Waals surface area contributed by atoms with Crippen LogP contribution in [-0.2, 0) is 28.5 Å². The molecule has 2 saturated heterocycles. The summed E-state index contributed by atoms with van der Waals surface area (Å²) in [5.74, 6) is -2.11. The van der Waals surface area contributed by atoms with Crippen LogP contribution in [0.1, 0.15) is 106 Å². The van der Waals surface area contributed by atoms with Gasteiger partial charge in [0.15, 0.2) is 18.7 Å². The molecule has 0 bridgehead atoms. The number of carboxylic acid groups (broad SMARTS) is 2. The molecule has 57 heavy (non-hydrogen) atoms. The molecule has 0 aromatic heterocycles. The van der Waals surface area contributed by atoms with Crippen LogP contribution in [0.15, 0.2) is 11.6 Å². The minimum atomic E-state index is -1.99. The van der Waals surface area contributed by atoms with E-state index in [1.54, 1.807) is 0 Å². The molecule has 324 valence electrons. The number of hydrogen-bond acceptors (Lipinski definition) is 13. The number of aliphatic hydroxyl groups is 7. The Bertz CT molecular complexity index is 1600. The van der Waals surface area contributed by atoms with Crippen molar-refractivity contribution in [3.63, 3.8) is 0 Å². The Hall–Kier alpha value is -1.76. The average Bonchev–Trinajstić information content (AvgIpc) is 3.12. The Kier molecular flexibility index (Phi) is 11.0. The number of fused-ring (bicyclic) bond motifs is 7. The topological polar surface area (TPSA) is 253 Å². The number of ether oxygens (including phenoxy) is 4. The van der Waals surface area contributed by atoms with Gasteiger partial charge in [-0.3, -0.25) is 4.79 Å². The molecule has 0 spiro atoms. The van der Waals surface area contributed by atoms with Crippen molar-refractivity contribution in [2.45, 2.75) is 180 Å². The summed E-state index contributed by atoms with van der Waals surface area (Å²) in [4.78, 5) is 24.8. The van der Waals surface area contributed by atoms with Crippen molar-refractivity contribution in [3.05, 3.63) is 11.6 Å². The molecule has 15 heteroatoms. The van der Waals surface area contributed by atoms with Crippen LogP contribution in [-0.4, -0.2) is 138 Å². The van der Waals surface area contributed by atoms with E-state index in [1.807, 2.05) is 13.8 Å². The molecule has 0 radical (unpaired) electrons. The number of aliphatic hydroxyl groups excluding tert-OH is 7. The van der Waals surface area contributed by atoms with Gasteiger partial charge in [0.25, 0.3) is 0 Å². The second-order valence-corrected chi connectivity index (χ2v) is 20.9. The van der Waals surface area contributed by atoms with Gasteiger partial charge in [0.2, 0.25) is 0 Å². The van der Waals surface area contributed by atoms with Crippen molar-refractivity contribution in [3.8, 4) is 0 Å². The third kappa shape index (κ3) is 6.39. The molecule has 0 unspecified atom stereocenters. The highest BCUT2D eigenvalue weighted by atomic mass is 16.7. The van der Waals surface area contributed by atoms with E-state index < -0.39 is 103 Å². The van der Waals surface area contributed by atoms with Crippen molar-refractivity contribution >= 4 is 11.9 Å². The van der Waals surface area contributed by atoms with Crippen LogP contribution < -0.4 is 0 Å². The lowest BCUT2D eigenvalue weighted by atomic mass is 9.33. The molecule has 4 saturated carbocycles. The van der Waals surface area contributed by atoms with Crippen LogP contribution >= 0.6 is 0 Å². The predicted molar refractivity (Wildman–Crippen MR) is 200 cm³/mol.